The molecule has 2 rings (SSSR count). The summed E-state index contributed by atoms with van der Waals surface area (Å²) in [6, 6.07) is 1.73. The average Bonchev–Trinajstić information content (AvgIpc) is 2.68. The van der Waals surface area contributed by atoms with Crippen LogP contribution in [0.1, 0.15) is 12.0 Å². The zero-order valence-corrected chi connectivity index (χ0v) is 10.5. The number of anilines is 1. The van der Waals surface area contributed by atoms with Crippen LogP contribution in [-0.4, -0.2) is 43.1 Å². The van der Waals surface area contributed by atoms with E-state index >= 15 is 0 Å². The van der Waals surface area contributed by atoms with Crippen molar-refractivity contribution in [1.29, 1.82) is 0 Å². The quantitative estimate of drug-likeness (QED) is 0.836. The van der Waals surface area contributed by atoms with E-state index in [2.05, 4.69) is 4.98 Å². The van der Waals surface area contributed by atoms with Gasteiger partial charge in [-0.2, -0.15) is 0 Å². The van der Waals surface area contributed by atoms with E-state index in [0.717, 1.165) is 11.3 Å². The number of pyridine rings is 1. The Morgan fingerprint density at radius 2 is 2.35 bits per heavy atom. The van der Waals surface area contributed by atoms with Crippen molar-refractivity contribution in [2.45, 2.75) is 19.1 Å². The van der Waals surface area contributed by atoms with E-state index in [0.29, 0.717) is 6.42 Å². The Labute approximate surface area is 101 Å². The van der Waals surface area contributed by atoms with Crippen LogP contribution < -0.4 is 4.90 Å². The van der Waals surface area contributed by atoms with Crippen LogP contribution in [0.3, 0.4) is 0 Å². The number of aliphatic hydroxyl groups is 1. The van der Waals surface area contributed by atoms with Crippen molar-refractivity contribution in [3.05, 3.63) is 24.0 Å². The first-order chi connectivity index (χ1) is 8.03. The predicted octanol–water partition coefficient (Wildman–Crippen LogP) is 0.197. The Balaban J connectivity index is 2.23. The summed E-state index contributed by atoms with van der Waals surface area (Å²) >= 11 is 0. The fraction of sp³-hybridized carbons (Fsp3) is 0.545. The summed E-state index contributed by atoms with van der Waals surface area (Å²) in [7, 11) is -1.04. The molecule has 6 heteroatoms. The van der Waals surface area contributed by atoms with Crippen molar-refractivity contribution in [3.8, 4) is 0 Å². The Morgan fingerprint density at radius 1 is 1.59 bits per heavy atom. The van der Waals surface area contributed by atoms with Gasteiger partial charge in [-0.1, -0.05) is 0 Å². The second-order valence-electron chi connectivity index (χ2n) is 4.33. The first-order valence-corrected chi connectivity index (χ1v) is 7.32. The molecule has 2 heterocycles. The highest BCUT2D eigenvalue weighted by Crippen LogP contribution is 2.25. The van der Waals surface area contributed by atoms with Crippen molar-refractivity contribution in [3.63, 3.8) is 0 Å². The third kappa shape index (κ3) is 2.58. The molecule has 1 fully saturated rings. The molecule has 1 aliphatic heterocycles. The first kappa shape index (κ1) is 12.3. The maximum atomic E-state index is 11.4. The van der Waals surface area contributed by atoms with Gasteiger partial charge in [-0.05, 0) is 12.5 Å². The lowest BCUT2D eigenvalue weighted by Gasteiger charge is -2.27. The van der Waals surface area contributed by atoms with E-state index in [1.54, 1.807) is 18.5 Å². The molecular formula is C11H16N2O3S. The lowest BCUT2D eigenvalue weighted by Crippen LogP contribution is -2.33. The minimum Gasteiger partial charge on any atom is -0.392 e. The van der Waals surface area contributed by atoms with Crippen molar-refractivity contribution < 1.29 is 13.5 Å². The van der Waals surface area contributed by atoms with Gasteiger partial charge >= 0.3 is 0 Å². The molecule has 1 unspecified atom stereocenters. The Morgan fingerprint density at radius 3 is 2.94 bits per heavy atom. The molecule has 0 bridgehead atoms. The maximum absolute atomic E-state index is 11.4. The fourth-order valence-electron chi connectivity index (χ4n) is 2.14. The van der Waals surface area contributed by atoms with Gasteiger partial charge in [-0.3, -0.25) is 4.98 Å². The molecular weight excluding hydrogens is 240 g/mol. The van der Waals surface area contributed by atoms with Gasteiger partial charge in [0.05, 0.1) is 30.0 Å². The van der Waals surface area contributed by atoms with Crippen LogP contribution in [0, 0.1) is 0 Å². The standard InChI is InChI=1S/C11H16N2O3S/c1-13(10-3-5-17(15,16)8-10)11-6-12-4-2-9(11)7-14/h2,4,6,10,14H,3,5,7-8H2,1H3. The zero-order chi connectivity index (χ0) is 12.5. The second kappa shape index (κ2) is 4.62. The summed E-state index contributed by atoms with van der Waals surface area (Å²) in [4.78, 5) is 5.93. The molecule has 0 aromatic carbocycles. The molecule has 1 aromatic heterocycles. The fourth-order valence-corrected chi connectivity index (χ4v) is 3.92. The Kier molecular flexibility index (Phi) is 3.35. The lowest BCUT2D eigenvalue weighted by atomic mass is 10.1. The van der Waals surface area contributed by atoms with Crippen LogP contribution in [-0.2, 0) is 16.4 Å². The highest BCUT2D eigenvalue weighted by molar-refractivity contribution is 7.91. The van der Waals surface area contributed by atoms with Crippen molar-refractivity contribution in [2.24, 2.45) is 0 Å². The number of hydrogen-bond donors (Lipinski definition) is 1. The highest BCUT2D eigenvalue weighted by atomic mass is 32.2. The van der Waals surface area contributed by atoms with Crippen LogP contribution >= 0.6 is 0 Å². The van der Waals surface area contributed by atoms with Gasteiger partial charge in [0.15, 0.2) is 9.84 Å². The van der Waals surface area contributed by atoms with E-state index < -0.39 is 9.84 Å². The van der Waals surface area contributed by atoms with E-state index in [-0.39, 0.29) is 24.2 Å². The smallest absolute Gasteiger partial charge is 0.152 e. The topological polar surface area (TPSA) is 70.5 Å². The van der Waals surface area contributed by atoms with Crippen LogP contribution in [0.5, 0.6) is 0 Å². The van der Waals surface area contributed by atoms with Gasteiger partial charge in [0.1, 0.15) is 0 Å². The minimum absolute atomic E-state index is 0.0190. The van der Waals surface area contributed by atoms with Crippen LogP contribution in [0.25, 0.3) is 0 Å². The zero-order valence-electron chi connectivity index (χ0n) is 9.70. The van der Waals surface area contributed by atoms with Crippen molar-refractivity contribution >= 4 is 15.5 Å². The largest absolute Gasteiger partial charge is 0.392 e. The third-order valence-corrected chi connectivity index (χ3v) is 4.94. The predicted molar refractivity (Wildman–Crippen MR) is 65.6 cm³/mol. The highest BCUT2D eigenvalue weighted by Gasteiger charge is 2.31. The van der Waals surface area contributed by atoms with E-state index in [1.165, 1.54) is 0 Å². The molecule has 0 radical (unpaired) electrons. The molecule has 0 saturated carbocycles. The van der Waals surface area contributed by atoms with Gasteiger partial charge < -0.3 is 10.0 Å². The van der Waals surface area contributed by atoms with Crippen LogP contribution in [0.2, 0.25) is 0 Å². The molecule has 1 aromatic rings. The van der Waals surface area contributed by atoms with Crippen molar-refractivity contribution in [1.82, 2.24) is 4.98 Å². The summed E-state index contributed by atoms with van der Waals surface area (Å²) in [5.74, 6) is 0.431. The van der Waals surface area contributed by atoms with E-state index in [9.17, 15) is 13.5 Å². The first-order valence-electron chi connectivity index (χ1n) is 5.50. The number of sulfone groups is 1. The van der Waals surface area contributed by atoms with Gasteiger partial charge in [0.25, 0.3) is 0 Å². The van der Waals surface area contributed by atoms with Gasteiger partial charge in [0.2, 0.25) is 0 Å². The Bertz CT molecular complexity index is 501. The van der Waals surface area contributed by atoms with E-state index in [1.807, 2.05) is 11.9 Å². The summed E-state index contributed by atoms with van der Waals surface area (Å²) in [6.45, 7) is -0.0678. The van der Waals surface area contributed by atoms with Crippen molar-refractivity contribution in [2.75, 3.05) is 23.5 Å². The number of hydrogen-bond acceptors (Lipinski definition) is 5. The van der Waals surface area contributed by atoms with Gasteiger partial charge in [-0.15, -0.1) is 0 Å². The SMILES string of the molecule is CN(c1cnccc1CO)C1CCS(=O)(=O)C1. The number of aromatic nitrogens is 1. The molecule has 5 nitrogen and oxygen atoms in total. The monoisotopic (exact) mass is 256 g/mol. The lowest BCUT2D eigenvalue weighted by molar-refractivity contribution is 0.282. The summed E-state index contributed by atoms with van der Waals surface area (Å²) in [6.07, 6.45) is 3.92. The van der Waals surface area contributed by atoms with Crippen LogP contribution in [0.15, 0.2) is 18.5 Å². The third-order valence-electron chi connectivity index (χ3n) is 3.19. The molecule has 94 valence electrons. The summed E-state index contributed by atoms with van der Waals surface area (Å²) < 4.78 is 22.9. The summed E-state index contributed by atoms with van der Waals surface area (Å²) in [5.41, 5.74) is 1.57. The second-order valence-corrected chi connectivity index (χ2v) is 6.56. The average molecular weight is 256 g/mol. The number of nitrogens with zero attached hydrogens (tertiary/aromatic N) is 2. The Hall–Kier alpha value is -1.14. The minimum atomic E-state index is -2.89. The molecule has 1 atom stereocenters. The molecule has 1 N–H and O–H groups in total. The molecule has 0 spiro atoms. The summed E-state index contributed by atoms with van der Waals surface area (Å²) in [5, 5.41) is 9.24. The van der Waals surface area contributed by atoms with Crippen LogP contribution in [0.4, 0.5) is 5.69 Å². The van der Waals surface area contributed by atoms with E-state index in [4.69, 9.17) is 0 Å². The molecule has 1 aliphatic rings. The van der Waals surface area contributed by atoms with Gasteiger partial charge in [-0.25, -0.2) is 8.42 Å². The number of rotatable bonds is 3. The molecule has 0 amide bonds. The maximum Gasteiger partial charge on any atom is 0.152 e. The number of aliphatic hydroxyl groups excluding tert-OH is 1. The molecule has 17 heavy (non-hydrogen) atoms. The van der Waals surface area contributed by atoms with Gasteiger partial charge in [0, 0.05) is 24.8 Å². The molecule has 0 aliphatic carbocycles. The normalized spacial score (nSPS) is 22.6. The molecule has 1 saturated heterocycles.